The molecule has 0 fully saturated rings. The molecule has 31 heavy (non-hydrogen) atoms. The second kappa shape index (κ2) is 8.23. The lowest BCUT2D eigenvalue weighted by Gasteiger charge is -2.40. The summed E-state index contributed by atoms with van der Waals surface area (Å²) in [5.41, 5.74) is 1.55. The molecule has 7 heteroatoms. The normalized spacial score (nSPS) is 19.1. The van der Waals surface area contributed by atoms with Crippen molar-refractivity contribution in [1.29, 1.82) is 0 Å². The number of amides is 1. The highest BCUT2D eigenvalue weighted by molar-refractivity contribution is 8.04. The lowest BCUT2D eigenvalue weighted by atomic mass is 9.67. The standard InChI is InChI=1S/C24H24N2O4S/c1-4-30-15-11-9-14(10-12-15)25-23(29)21(28)19-20(27)22-17(13-24(19,2)3)26-16-7-5-6-8-18(16)31-22/h5-12,19,26H,4,13H2,1-3H3,(H,25,29)/t19-/m1/s1. The number of ketones is 2. The fourth-order valence-corrected chi connectivity index (χ4v) is 5.08. The molecule has 1 atom stereocenters. The number of thioether (sulfide) groups is 1. The lowest BCUT2D eigenvalue weighted by molar-refractivity contribution is -0.144. The van der Waals surface area contributed by atoms with Crippen molar-refractivity contribution in [3.8, 4) is 5.75 Å². The molecule has 0 saturated carbocycles. The number of ether oxygens (including phenoxy) is 1. The van der Waals surface area contributed by atoms with Crippen molar-refractivity contribution in [2.24, 2.45) is 11.3 Å². The van der Waals surface area contributed by atoms with Gasteiger partial charge in [-0.1, -0.05) is 37.7 Å². The van der Waals surface area contributed by atoms with Crippen molar-refractivity contribution in [3.63, 3.8) is 0 Å². The Labute approximate surface area is 185 Å². The number of nitrogens with one attached hydrogen (secondary N) is 2. The van der Waals surface area contributed by atoms with E-state index in [1.807, 2.05) is 45.0 Å². The lowest BCUT2D eigenvalue weighted by Crippen LogP contribution is -2.46. The Balaban J connectivity index is 1.54. The molecule has 0 aromatic heterocycles. The largest absolute Gasteiger partial charge is 0.494 e. The van der Waals surface area contributed by atoms with Gasteiger partial charge in [0.05, 0.1) is 23.1 Å². The Morgan fingerprint density at radius 1 is 1.16 bits per heavy atom. The number of allylic oxidation sites excluding steroid dienone is 2. The number of hydrogen-bond acceptors (Lipinski definition) is 6. The topological polar surface area (TPSA) is 84.5 Å². The second-order valence-electron chi connectivity index (χ2n) is 8.27. The predicted octanol–water partition coefficient (Wildman–Crippen LogP) is 4.64. The Bertz CT molecular complexity index is 1090. The van der Waals surface area contributed by atoms with Crippen molar-refractivity contribution in [2.75, 3.05) is 17.2 Å². The Morgan fingerprint density at radius 3 is 2.58 bits per heavy atom. The van der Waals surface area contributed by atoms with Gasteiger partial charge in [0.15, 0.2) is 5.78 Å². The average Bonchev–Trinajstić information content (AvgIpc) is 2.73. The van der Waals surface area contributed by atoms with Gasteiger partial charge < -0.3 is 15.4 Å². The zero-order chi connectivity index (χ0) is 22.2. The molecular weight excluding hydrogens is 412 g/mol. The summed E-state index contributed by atoms with van der Waals surface area (Å²) in [6.07, 6.45) is 0.502. The van der Waals surface area contributed by atoms with E-state index < -0.39 is 23.0 Å². The molecule has 2 aliphatic rings. The third-order valence-corrected chi connectivity index (χ3v) is 6.70. The van der Waals surface area contributed by atoms with Crippen molar-refractivity contribution in [1.82, 2.24) is 0 Å². The minimum atomic E-state index is -1.03. The van der Waals surface area contributed by atoms with Crippen molar-refractivity contribution < 1.29 is 19.1 Å². The molecule has 0 unspecified atom stereocenters. The van der Waals surface area contributed by atoms with Crippen LogP contribution in [0, 0.1) is 11.3 Å². The van der Waals surface area contributed by atoms with Gasteiger partial charge in [-0.15, -0.1) is 0 Å². The third kappa shape index (κ3) is 4.10. The number of carbonyl (C=O) groups excluding carboxylic acids is 3. The van der Waals surface area contributed by atoms with Crippen LogP contribution < -0.4 is 15.4 Å². The first-order valence-electron chi connectivity index (χ1n) is 10.2. The number of carbonyl (C=O) groups is 3. The summed E-state index contributed by atoms with van der Waals surface area (Å²) < 4.78 is 5.39. The minimum absolute atomic E-state index is 0.301. The van der Waals surface area contributed by atoms with Crippen LogP contribution in [-0.4, -0.2) is 24.1 Å². The second-order valence-corrected chi connectivity index (χ2v) is 9.32. The molecular formula is C24H24N2O4S. The smallest absolute Gasteiger partial charge is 0.292 e. The van der Waals surface area contributed by atoms with Gasteiger partial charge in [-0.05, 0) is 55.2 Å². The van der Waals surface area contributed by atoms with E-state index in [0.717, 1.165) is 16.3 Å². The number of para-hydroxylation sites is 1. The monoisotopic (exact) mass is 436 g/mol. The van der Waals surface area contributed by atoms with Crippen molar-refractivity contribution in [3.05, 3.63) is 59.1 Å². The zero-order valence-electron chi connectivity index (χ0n) is 17.7. The number of anilines is 2. The predicted molar refractivity (Wildman–Crippen MR) is 121 cm³/mol. The first kappa shape index (κ1) is 21.2. The van der Waals surface area contributed by atoms with E-state index in [0.29, 0.717) is 29.4 Å². The van der Waals surface area contributed by atoms with E-state index in [2.05, 4.69) is 10.6 Å². The molecule has 1 aliphatic carbocycles. The summed E-state index contributed by atoms with van der Waals surface area (Å²) in [7, 11) is 0. The molecule has 0 spiro atoms. The van der Waals surface area contributed by atoms with E-state index in [4.69, 9.17) is 4.74 Å². The average molecular weight is 437 g/mol. The van der Waals surface area contributed by atoms with Crippen molar-refractivity contribution >= 4 is 40.6 Å². The van der Waals surface area contributed by atoms with Crippen LogP contribution in [0.15, 0.2) is 64.0 Å². The first-order chi connectivity index (χ1) is 14.8. The van der Waals surface area contributed by atoms with Crippen LogP contribution in [0.1, 0.15) is 27.2 Å². The highest BCUT2D eigenvalue weighted by Gasteiger charge is 2.49. The maximum Gasteiger partial charge on any atom is 0.292 e. The van der Waals surface area contributed by atoms with Crippen LogP contribution in [0.25, 0.3) is 0 Å². The molecule has 2 aromatic rings. The molecule has 0 bridgehead atoms. The van der Waals surface area contributed by atoms with Gasteiger partial charge in [-0.2, -0.15) is 0 Å². The molecule has 1 aliphatic heterocycles. The Hall–Kier alpha value is -3.06. The summed E-state index contributed by atoms with van der Waals surface area (Å²) >= 11 is 1.36. The van der Waals surface area contributed by atoms with E-state index in [1.165, 1.54) is 11.8 Å². The van der Waals surface area contributed by atoms with Gasteiger partial charge in [0, 0.05) is 16.3 Å². The maximum atomic E-state index is 13.4. The number of rotatable bonds is 5. The van der Waals surface area contributed by atoms with Gasteiger partial charge in [0.1, 0.15) is 5.75 Å². The maximum absolute atomic E-state index is 13.4. The van der Waals surface area contributed by atoms with Crippen LogP contribution in [0.5, 0.6) is 5.75 Å². The Morgan fingerprint density at radius 2 is 1.87 bits per heavy atom. The van der Waals surface area contributed by atoms with Crippen LogP contribution in [0.2, 0.25) is 0 Å². The van der Waals surface area contributed by atoms with Crippen LogP contribution >= 0.6 is 11.8 Å². The quantitative estimate of drug-likeness (QED) is 0.525. The van der Waals surface area contributed by atoms with E-state index >= 15 is 0 Å². The zero-order valence-corrected chi connectivity index (χ0v) is 18.5. The molecule has 6 nitrogen and oxygen atoms in total. The van der Waals surface area contributed by atoms with Crippen LogP contribution in [0.4, 0.5) is 11.4 Å². The molecule has 1 heterocycles. The van der Waals surface area contributed by atoms with Gasteiger partial charge >= 0.3 is 0 Å². The van der Waals surface area contributed by atoms with E-state index in [9.17, 15) is 14.4 Å². The summed E-state index contributed by atoms with van der Waals surface area (Å²) in [4.78, 5) is 40.7. The van der Waals surface area contributed by atoms with Crippen LogP contribution in [-0.2, 0) is 14.4 Å². The molecule has 0 saturated heterocycles. The molecule has 4 rings (SSSR count). The summed E-state index contributed by atoms with van der Waals surface area (Å²) in [5.74, 6) is -2.15. The van der Waals surface area contributed by atoms with Crippen molar-refractivity contribution in [2.45, 2.75) is 32.1 Å². The molecule has 2 N–H and O–H groups in total. The molecule has 160 valence electrons. The fraction of sp³-hybridized carbons (Fsp3) is 0.292. The van der Waals surface area contributed by atoms with E-state index in [1.54, 1.807) is 24.3 Å². The van der Waals surface area contributed by atoms with Gasteiger partial charge in [0.25, 0.3) is 5.91 Å². The number of benzene rings is 2. The first-order valence-corrected chi connectivity index (χ1v) is 11.0. The number of fused-ring (bicyclic) bond motifs is 1. The Kier molecular flexibility index (Phi) is 5.62. The third-order valence-electron chi connectivity index (χ3n) is 5.47. The minimum Gasteiger partial charge on any atom is -0.494 e. The molecule has 1 amide bonds. The molecule has 0 radical (unpaired) electrons. The highest BCUT2D eigenvalue weighted by Crippen LogP contribution is 2.50. The fourth-order valence-electron chi connectivity index (χ4n) is 4.02. The highest BCUT2D eigenvalue weighted by atomic mass is 32.2. The van der Waals surface area contributed by atoms with E-state index in [-0.39, 0.29) is 5.78 Å². The van der Waals surface area contributed by atoms with Gasteiger partial charge in [-0.25, -0.2) is 0 Å². The summed E-state index contributed by atoms with van der Waals surface area (Å²) in [5, 5.41) is 5.96. The summed E-state index contributed by atoms with van der Waals surface area (Å²) in [6.45, 7) is 6.14. The SMILES string of the molecule is CCOc1ccc(NC(=O)C(=O)[C@H]2C(=O)C3=C(CC2(C)C)Nc2ccccc2S3)cc1. The molecule has 2 aromatic carbocycles. The van der Waals surface area contributed by atoms with Gasteiger partial charge in [-0.3, -0.25) is 14.4 Å². The number of Topliss-reactive ketones (excluding diaryl/α,β-unsaturated/α-hetero) is 2. The summed E-state index contributed by atoms with van der Waals surface area (Å²) in [6, 6.07) is 14.5. The van der Waals surface area contributed by atoms with Crippen LogP contribution in [0.3, 0.4) is 0 Å². The van der Waals surface area contributed by atoms with Gasteiger partial charge in [0.2, 0.25) is 5.78 Å². The number of hydrogen-bond donors (Lipinski definition) is 2.